The van der Waals surface area contributed by atoms with Gasteiger partial charge in [-0.15, -0.1) is 11.8 Å². The van der Waals surface area contributed by atoms with Crippen molar-refractivity contribution in [3.8, 4) is 0 Å². The van der Waals surface area contributed by atoms with Crippen LogP contribution in [-0.2, 0) is 9.59 Å². The predicted octanol–water partition coefficient (Wildman–Crippen LogP) is 2.58. The molecule has 1 amide bonds. The summed E-state index contributed by atoms with van der Waals surface area (Å²) in [5.41, 5.74) is -0.285. The van der Waals surface area contributed by atoms with E-state index in [1.54, 1.807) is 16.7 Å². The Morgan fingerprint density at radius 3 is 2.53 bits per heavy atom. The van der Waals surface area contributed by atoms with Crippen LogP contribution in [0, 0.1) is 11.3 Å². The van der Waals surface area contributed by atoms with Crippen molar-refractivity contribution in [2.45, 2.75) is 52.0 Å². The molecule has 2 fully saturated rings. The second kappa shape index (κ2) is 5.73. The number of thioether (sulfide) groups is 1. The van der Waals surface area contributed by atoms with Crippen molar-refractivity contribution in [3.05, 3.63) is 0 Å². The van der Waals surface area contributed by atoms with Gasteiger partial charge in [0.2, 0.25) is 5.91 Å². The fourth-order valence-electron chi connectivity index (χ4n) is 3.49. The summed E-state index contributed by atoms with van der Waals surface area (Å²) in [6.45, 7) is 4.28. The molecule has 2 rings (SSSR count). The van der Waals surface area contributed by atoms with E-state index in [2.05, 4.69) is 13.8 Å². The fraction of sp³-hybridized carbons (Fsp3) is 0.857. The summed E-state index contributed by atoms with van der Waals surface area (Å²) in [5, 5.41) is 9.23. The first-order chi connectivity index (χ1) is 8.96. The van der Waals surface area contributed by atoms with Crippen LogP contribution in [-0.4, -0.2) is 39.6 Å². The maximum Gasteiger partial charge on any atom is 0.327 e. The van der Waals surface area contributed by atoms with Gasteiger partial charge in [-0.2, -0.15) is 0 Å². The molecule has 1 aliphatic heterocycles. The summed E-state index contributed by atoms with van der Waals surface area (Å²) in [5.74, 6) is 0.766. The van der Waals surface area contributed by atoms with Gasteiger partial charge in [-0.3, -0.25) is 4.79 Å². The van der Waals surface area contributed by atoms with E-state index in [9.17, 15) is 14.7 Å². The molecule has 5 heteroatoms. The first kappa shape index (κ1) is 14.7. The van der Waals surface area contributed by atoms with Gasteiger partial charge in [-0.1, -0.05) is 26.7 Å². The highest BCUT2D eigenvalue weighted by atomic mass is 32.2. The highest BCUT2D eigenvalue weighted by Gasteiger charge is 2.47. The van der Waals surface area contributed by atoms with Crippen molar-refractivity contribution in [1.29, 1.82) is 0 Å². The van der Waals surface area contributed by atoms with E-state index in [1.807, 2.05) is 0 Å². The summed E-state index contributed by atoms with van der Waals surface area (Å²) in [6.07, 6.45) is 4.93. The zero-order valence-corrected chi connectivity index (χ0v) is 12.5. The van der Waals surface area contributed by atoms with Gasteiger partial charge in [-0.25, -0.2) is 4.79 Å². The second-order valence-electron chi connectivity index (χ2n) is 6.21. The van der Waals surface area contributed by atoms with E-state index in [0.29, 0.717) is 17.5 Å². The molecule has 1 unspecified atom stereocenters. The van der Waals surface area contributed by atoms with Crippen LogP contribution >= 0.6 is 11.8 Å². The van der Waals surface area contributed by atoms with Gasteiger partial charge < -0.3 is 10.0 Å². The molecule has 0 aromatic heterocycles. The molecule has 1 aliphatic carbocycles. The molecule has 1 saturated heterocycles. The minimum Gasteiger partial charge on any atom is -0.480 e. The number of rotatable bonds is 4. The lowest BCUT2D eigenvalue weighted by atomic mass is 9.77. The number of aliphatic carboxylic acids is 1. The van der Waals surface area contributed by atoms with Crippen LogP contribution in [0.1, 0.15) is 46.0 Å². The van der Waals surface area contributed by atoms with Gasteiger partial charge in [0.1, 0.15) is 6.04 Å². The van der Waals surface area contributed by atoms with Gasteiger partial charge in [-0.05, 0) is 25.2 Å². The van der Waals surface area contributed by atoms with Gasteiger partial charge in [0, 0.05) is 11.2 Å². The van der Waals surface area contributed by atoms with Gasteiger partial charge in [0.15, 0.2) is 0 Å². The molecule has 0 radical (unpaired) electrons. The molecule has 1 saturated carbocycles. The smallest absolute Gasteiger partial charge is 0.327 e. The van der Waals surface area contributed by atoms with Crippen LogP contribution < -0.4 is 0 Å². The van der Waals surface area contributed by atoms with Crippen LogP contribution in [0.25, 0.3) is 0 Å². The number of hydrogen-bond donors (Lipinski definition) is 1. The number of carboxylic acid groups (broad SMARTS) is 1. The van der Waals surface area contributed by atoms with E-state index >= 15 is 0 Å². The summed E-state index contributed by atoms with van der Waals surface area (Å²) in [6, 6.07) is -0.623. The second-order valence-corrected chi connectivity index (χ2v) is 7.21. The van der Waals surface area contributed by atoms with E-state index in [0.717, 1.165) is 32.1 Å². The largest absolute Gasteiger partial charge is 0.480 e. The Morgan fingerprint density at radius 2 is 2.00 bits per heavy atom. The molecule has 2 aliphatic rings. The zero-order valence-electron chi connectivity index (χ0n) is 11.7. The lowest BCUT2D eigenvalue weighted by Gasteiger charge is -2.35. The molecule has 4 nitrogen and oxygen atoms in total. The maximum atomic E-state index is 12.9. The van der Waals surface area contributed by atoms with Crippen LogP contribution in [0.3, 0.4) is 0 Å². The minimum absolute atomic E-state index is 0.0936. The molecule has 0 spiro atoms. The van der Waals surface area contributed by atoms with Gasteiger partial charge in [0.25, 0.3) is 0 Å². The van der Waals surface area contributed by atoms with E-state index in [4.69, 9.17) is 0 Å². The van der Waals surface area contributed by atoms with Crippen molar-refractivity contribution in [2.24, 2.45) is 11.3 Å². The van der Waals surface area contributed by atoms with Crippen molar-refractivity contribution in [1.82, 2.24) is 4.90 Å². The first-order valence-electron chi connectivity index (χ1n) is 7.08. The first-order valence-corrected chi connectivity index (χ1v) is 8.23. The Hall–Kier alpha value is -0.710. The molecule has 0 bridgehead atoms. The molecular formula is C14H23NO3S. The predicted molar refractivity (Wildman–Crippen MR) is 76.0 cm³/mol. The third-order valence-corrected chi connectivity index (χ3v) is 5.25. The molecule has 19 heavy (non-hydrogen) atoms. The molecule has 1 atom stereocenters. The van der Waals surface area contributed by atoms with Crippen molar-refractivity contribution >= 4 is 23.6 Å². The molecule has 108 valence electrons. The SMILES string of the molecule is CC(C)CC1(C(=O)N2CSCC2C(=O)O)CCCC1. The number of nitrogens with zero attached hydrogens (tertiary/aromatic N) is 1. The normalized spacial score (nSPS) is 26.1. The number of amides is 1. The minimum atomic E-state index is -0.865. The monoisotopic (exact) mass is 285 g/mol. The topological polar surface area (TPSA) is 57.6 Å². The Kier molecular flexibility index (Phi) is 4.43. The number of hydrogen-bond acceptors (Lipinski definition) is 3. The Balaban J connectivity index is 2.17. The van der Waals surface area contributed by atoms with E-state index < -0.39 is 12.0 Å². The highest BCUT2D eigenvalue weighted by molar-refractivity contribution is 7.99. The third kappa shape index (κ3) is 2.91. The Bertz CT molecular complexity index is 364. The van der Waals surface area contributed by atoms with Crippen LogP contribution in [0.4, 0.5) is 0 Å². The molecule has 0 aromatic carbocycles. The zero-order chi connectivity index (χ0) is 14.0. The third-order valence-electron chi connectivity index (χ3n) is 4.24. The summed E-state index contributed by atoms with van der Waals surface area (Å²) < 4.78 is 0. The standard InChI is InChI=1S/C14H23NO3S/c1-10(2)7-14(5-3-4-6-14)13(18)15-9-19-8-11(15)12(16)17/h10-11H,3-9H2,1-2H3,(H,16,17). The number of carbonyl (C=O) groups is 2. The Labute approximate surface area is 118 Å². The quantitative estimate of drug-likeness (QED) is 0.862. The molecule has 1 N–H and O–H groups in total. The fourth-order valence-corrected chi connectivity index (χ4v) is 4.64. The summed E-state index contributed by atoms with van der Waals surface area (Å²) >= 11 is 1.55. The van der Waals surface area contributed by atoms with Crippen LogP contribution in [0.2, 0.25) is 0 Å². The summed E-state index contributed by atoms with van der Waals surface area (Å²) in [4.78, 5) is 25.7. The average Bonchev–Trinajstić information content (AvgIpc) is 2.95. The highest BCUT2D eigenvalue weighted by Crippen LogP contribution is 2.45. The molecule has 0 aromatic rings. The van der Waals surface area contributed by atoms with Crippen LogP contribution in [0.15, 0.2) is 0 Å². The van der Waals surface area contributed by atoms with Crippen molar-refractivity contribution in [2.75, 3.05) is 11.6 Å². The molecular weight excluding hydrogens is 262 g/mol. The van der Waals surface area contributed by atoms with Crippen molar-refractivity contribution in [3.63, 3.8) is 0 Å². The number of carbonyl (C=O) groups excluding carboxylic acids is 1. The lowest BCUT2D eigenvalue weighted by Crippen LogP contribution is -2.49. The van der Waals surface area contributed by atoms with E-state index in [-0.39, 0.29) is 11.3 Å². The van der Waals surface area contributed by atoms with Gasteiger partial charge >= 0.3 is 5.97 Å². The van der Waals surface area contributed by atoms with Crippen LogP contribution in [0.5, 0.6) is 0 Å². The summed E-state index contributed by atoms with van der Waals surface area (Å²) in [7, 11) is 0. The lowest BCUT2D eigenvalue weighted by molar-refractivity contribution is -0.153. The number of carboxylic acids is 1. The van der Waals surface area contributed by atoms with Crippen molar-refractivity contribution < 1.29 is 14.7 Å². The van der Waals surface area contributed by atoms with E-state index in [1.165, 1.54) is 0 Å². The molecule has 1 heterocycles. The maximum absolute atomic E-state index is 12.9. The van der Waals surface area contributed by atoms with Gasteiger partial charge in [0.05, 0.1) is 5.88 Å². The Morgan fingerprint density at radius 1 is 1.37 bits per heavy atom. The average molecular weight is 285 g/mol.